The van der Waals surface area contributed by atoms with Crippen LogP contribution in [-0.2, 0) is 19.4 Å². The van der Waals surface area contributed by atoms with Gasteiger partial charge < -0.3 is 10.2 Å². The van der Waals surface area contributed by atoms with Gasteiger partial charge in [-0.15, -0.1) is 0 Å². The van der Waals surface area contributed by atoms with E-state index in [1.54, 1.807) is 35.2 Å². The molecule has 2 unspecified atom stereocenters. The van der Waals surface area contributed by atoms with Crippen molar-refractivity contribution in [3.8, 4) is 0 Å². The summed E-state index contributed by atoms with van der Waals surface area (Å²) in [5.41, 5.74) is 0. The summed E-state index contributed by atoms with van der Waals surface area (Å²) in [6, 6.07) is 7.50. The molecule has 2 aliphatic heterocycles. The third kappa shape index (κ3) is 3.39. The van der Waals surface area contributed by atoms with E-state index >= 15 is 0 Å². The Morgan fingerprint density at radius 1 is 1.22 bits per heavy atom. The highest BCUT2D eigenvalue weighted by Gasteiger charge is 2.38. The summed E-state index contributed by atoms with van der Waals surface area (Å²) < 4.78 is 25.0. The molecule has 0 saturated carbocycles. The van der Waals surface area contributed by atoms with Gasteiger partial charge in [-0.3, -0.25) is 9.59 Å². The van der Waals surface area contributed by atoms with Crippen molar-refractivity contribution < 1.29 is 18.0 Å². The number of carbonyl (C=O) groups is 2. The molecule has 1 aromatic rings. The van der Waals surface area contributed by atoms with Gasteiger partial charge in [0.05, 0.1) is 10.6 Å². The number of nitrogens with zero attached hydrogens (tertiary/aromatic N) is 1. The standard InChI is InChI=1S/C16H20N2O4S/c19-15-9-8-14(17-15)16(20)18-10-4-5-12(18)11-23(21,22)13-6-2-1-3-7-13/h1-3,6-7,12,14H,4-5,8-11H2,(H,17,19). The van der Waals surface area contributed by atoms with Gasteiger partial charge in [0.2, 0.25) is 11.8 Å². The molecule has 0 spiro atoms. The number of hydrogen-bond donors (Lipinski definition) is 1. The maximum atomic E-state index is 12.5. The van der Waals surface area contributed by atoms with Crippen molar-refractivity contribution in [2.45, 2.75) is 42.7 Å². The molecule has 1 aromatic carbocycles. The molecule has 0 radical (unpaired) electrons. The highest BCUT2D eigenvalue weighted by atomic mass is 32.2. The summed E-state index contributed by atoms with van der Waals surface area (Å²) >= 11 is 0. The van der Waals surface area contributed by atoms with Crippen molar-refractivity contribution in [1.82, 2.24) is 10.2 Å². The Kier molecular flexibility index (Phi) is 4.39. The van der Waals surface area contributed by atoms with Crippen LogP contribution in [0.3, 0.4) is 0 Å². The Labute approximate surface area is 135 Å². The average molecular weight is 336 g/mol. The molecule has 2 saturated heterocycles. The van der Waals surface area contributed by atoms with Gasteiger partial charge in [-0.25, -0.2) is 8.42 Å². The second-order valence-corrected chi connectivity index (χ2v) is 8.12. The molecule has 23 heavy (non-hydrogen) atoms. The monoisotopic (exact) mass is 336 g/mol. The second kappa shape index (κ2) is 6.31. The normalized spacial score (nSPS) is 24.7. The lowest BCUT2D eigenvalue weighted by Crippen LogP contribution is -2.48. The lowest BCUT2D eigenvalue weighted by molar-refractivity contribution is -0.134. The van der Waals surface area contributed by atoms with Crippen LogP contribution < -0.4 is 5.32 Å². The molecule has 3 rings (SSSR count). The smallest absolute Gasteiger partial charge is 0.245 e. The van der Waals surface area contributed by atoms with Crippen LogP contribution >= 0.6 is 0 Å². The fourth-order valence-electron chi connectivity index (χ4n) is 3.28. The van der Waals surface area contributed by atoms with Gasteiger partial charge in [0.15, 0.2) is 9.84 Å². The van der Waals surface area contributed by atoms with Gasteiger partial charge in [-0.1, -0.05) is 18.2 Å². The number of carbonyl (C=O) groups excluding carboxylic acids is 2. The Balaban J connectivity index is 1.72. The molecular formula is C16H20N2O4S. The molecule has 2 aliphatic rings. The molecule has 7 heteroatoms. The zero-order valence-corrected chi connectivity index (χ0v) is 13.6. The number of amides is 2. The van der Waals surface area contributed by atoms with Gasteiger partial charge in [0.25, 0.3) is 0 Å². The zero-order chi connectivity index (χ0) is 16.4. The lowest BCUT2D eigenvalue weighted by Gasteiger charge is -2.27. The summed E-state index contributed by atoms with van der Waals surface area (Å²) in [5.74, 6) is -0.332. The number of likely N-dealkylation sites (tertiary alicyclic amines) is 1. The van der Waals surface area contributed by atoms with Gasteiger partial charge >= 0.3 is 0 Å². The molecule has 124 valence electrons. The molecule has 6 nitrogen and oxygen atoms in total. The Morgan fingerprint density at radius 3 is 2.61 bits per heavy atom. The summed E-state index contributed by atoms with van der Waals surface area (Å²) in [6.07, 6.45) is 2.32. The van der Waals surface area contributed by atoms with E-state index in [9.17, 15) is 18.0 Å². The van der Waals surface area contributed by atoms with Crippen molar-refractivity contribution in [3.63, 3.8) is 0 Å². The van der Waals surface area contributed by atoms with Crippen molar-refractivity contribution in [1.29, 1.82) is 0 Å². The van der Waals surface area contributed by atoms with Crippen LogP contribution in [0, 0.1) is 0 Å². The van der Waals surface area contributed by atoms with E-state index in [-0.39, 0.29) is 28.5 Å². The van der Waals surface area contributed by atoms with E-state index in [1.165, 1.54) is 0 Å². The minimum absolute atomic E-state index is 0.0661. The van der Waals surface area contributed by atoms with Gasteiger partial charge in [0, 0.05) is 19.0 Å². The molecule has 2 fully saturated rings. The first-order valence-corrected chi connectivity index (χ1v) is 9.50. The molecule has 0 bridgehead atoms. The van der Waals surface area contributed by atoms with E-state index in [0.717, 1.165) is 6.42 Å². The topological polar surface area (TPSA) is 83.6 Å². The lowest BCUT2D eigenvalue weighted by atomic mass is 10.2. The van der Waals surface area contributed by atoms with E-state index in [0.29, 0.717) is 25.8 Å². The number of benzene rings is 1. The fourth-order valence-corrected chi connectivity index (χ4v) is 4.89. The van der Waals surface area contributed by atoms with Crippen molar-refractivity contribution >= 4 is 21.7 Å². The van der Waals surface area contributed by atoms with E-state index < -0.39 is 15.9 Å². The van der Waals surface area contributed by atoms with Crippen molar-refractivity contribution in [2.24, 2.45) is 0 Å². The van der Waals surface area contributed by atoms with Gasteiger partial charge in [-0.2, -0.15) is 0 Å². The zero-order valence-electron chi connectivity index (χ0n) is 12.8. The highest BCUT2D eigenvalue weighted by Crippen LogP contribution is 2.24. The van der Waals surface area contributed by atoms with Crippen molar-refractivity contribution in [3.05, 3.63) is 30.3 Å². The van der Waals surface area contributed by atoms with Crippen LogP contribution in [0.15, 0.2) is 35.2 Å². The maximum absolute atomic E-state index is 12.5. The Bertz CT molecular complexity index is 702. The summed E-state index contributed by atoms with van der Waals surface area (Å²) in [4.78, 5) is 25.8. The molecule has 2 heterocycles. The predicted molar refractivity (Wildman–Crippen MR) is 84.4 cm³/mol. The summed E-state index contributed by atoms with van der Waals surface area (Å²) in [6.45, 7) is 0.556. The van der Waals surface area contributed by atoms with Crippen LogP contribution in [0.2, 0.25) is 0 Å². The number of hydrogen-bond acceptors (Lipinski definition) is 4. The highest BCUT2D eigenvalue weighted by molar-refractivity contribution is 7.91. The van der Waals surface area contributed by atoms with E-state index in [4.69, 9.17) is 0 Å². The van der Waals surface area contributed by atoms with E-state index in [1.807, 2.05) is 0 Å². The first-order chi connectivity index (χ1) is 11.0. The number of sulfone groups is 1. The molecular weight excluding hydrogens is 316 g/mol. The van der Waals surface area contributed by atoms with Crippen molar-refractivity contribution in [2.75, 3.05) is 12.3 Å². The van der Waals surface area contributed by atoms with Crippen LogP contribution in [0.25, 0.3) is 0 Å². The van der Waals surface area contributed by atoms with Crippen LogP contribution in [0.5, 0.6) is 0 Å². The largest absolute Gasteiger partial charge is 0.344 e. The second-order valence-electron chi connectivity index (χ2n) is 6.08. The van der Waals surface area contributed by atoms with Crippen LogP contribution in [-0.4, -0.2) is 49.5 Å². The third-order valence-corrected chi connectivity index (χ3v) is 6.28. The minimum atomic E-state index is -3.43. The quantitative estimate of drug-likeness (QED) is 0.878. The third-order valence-electron chi connectivity index (χ3n) is 4.47. The SMILES string of the molecule is O=C1CCC(C(=O)N2CCCC2CS(=O)(=O)c2ccccc2)N1. The van der Waals surface area contributed by atoms with Crippen LogP contribution in [0.4, 0.5) is 0 Å². The molecule has 0 aliphatic carbocycles. The minimum Gasteiger partial charge on any atom is -0.344 e. The summed E-state index contributed by atoms with van der Waals surface area (Å²) in [7, 11) is -3.43. The molecule has 1 N–H and O–H groups in total. The average Bonchev–Trinajstić information content (AvgIpc) is 3.16. The van der Waals surface area contributed by atoms with E-state index in [2.05, 4.69) is 5.32 Å². The predicted octanol–water partition coefficient (Wildman–Crippen LogP) is 0.730. The van der Waals surface area contributed by atoms with Crippen LogP contribution in [0.1, 0.15) is 25.7 Å². The molecule has 2 atom stereocenters. The molecule has 2 amide bonds. The summed E-state index contributed by atoms with van der Waals surface area (Å²) in [5, 5.41) is 2.67. The number of nitrogens with one attached hydrogen (secondary N) is 1. The Hall–Kier alpha value is -1.89. The Morgan fingerprint density at radius 2 is 1.96 bits per heavy atom. The first-order valence-electron chi connectivity index (χ1n) is 7.85. The van der Waals surface area contributed by atoms with Gasteiger partial charge in [0.1, 0.15) is 6.04 Å². The first kappa shape index (κ1) is 16.0. The van der Waals surface area contributed by atoms with Gasteiger partial charge in [-0.05, 0) is 31.4 Å². The fraction of sp³-hybridized carbons (Fsp3) is 0.500. The molecule has 0 aromatic heterocycles. The maximum Gasteiger partial charge on any atom is 0.245 e. The number of rotatable bonds is 4.